The zero-order valence-electron chi connectivity index (χ0n) is 23.9. The standard InChI is InChI=1S/C28H40F2N4O5/c1-8-34-24(39-18-11-12-20(37-6)21(14-18)38-7)31-22(32-34)19-10-9-13-33(19)23(35)28(29,30)27(36)16-25(2,3)15-26(4,5)17-27/h11-12,14,19,36H,8-10,13,15-17H2,1-7H3/t19-/m0/s1. The predicted octanol–water partition coefficient (Wildman–Crippen LogP) is 5.37. The Morgan fingerprint density at radius 2 is 1.74 bits per heavy atom. The molecule has 39 heavy (non-hydrogen) atoms. The Balaban J connectivity index is 1.60. The molecule has 1 aliphatic carbocycles. The number of aryl methyl sites for hydroxylation is 1. The summed E-state index contributed by atoms with van der Waals surface area (Å²) < 4.78 is 50.0. The largest absolute Gasteiger partial charge is 0.493 e. The van der Waals surface area contributed by atoms with E-state index in [-0.39, 0.29) is 31.2 Å². The van der Waals surface area contributed by atoms with E-state index in [1.54, 1.807) is 18.2 Å². The fourth-order valence-electron chi connectivity index (χ4n) is 6.70. The number of aromatic nitrogens is 3. The summed E-state index contributed by atoms with van der Waals surface area (Å²) in [5.41, 5.74) is -3.52. The van der Waals surface area contributed by atoms with Crippen molar-refractivity contribution in [2.75, 3.05) is 20.8 Å². The second-order valence-electron chi connectivity index (χ2n) is 12.3. The summed E-state index contributed by atoms with van der Waals surface area (Å²) in [6, 6.07) is 4.44. The smallest absolute Gasteiger partial charge is 0.352 e. The Morgan fingerprint density at radius 1 is 1.10 bits per heavy atom. The van der Waals surface area contributed by atoms with Gasteiger partial charge in [0.05, 0.1) is 20.3 Å². The molecule has 2 aliphatic rings. The van der Waals surface area contributed by atoms with E-state index >= 15 is 8.78 Å². The van der Waals surface area contributed by atoms with Crippen LogP contribution in [0.25, 0.3) is 0 Å². The molecule has 0 unspecified atom stereocenters. The number of methoxy groups -OCH3 is 2. The van der Waals surface area contributed by atoms with Crippen molar-refractivity contribution < 1.29 is 32.9 Å². The molecule has 4 rings (SSSR count). The fraction of sp³-hybridized carbons (Fsp3) is 0.679. The van der Waals surface area contributed by atoms with Crippen molar-refractivity contribution in [3.63, 3.8) is 0 Å². The van der Waals surface area contributed by atoms with E-state index in [0.717, 1.165) is 4.90 Å². The van der Waals surface area contributed by atoms with Crippen LogP contribution < -0.4 is 14.2 Å². The molecule has 1 atom stereocenters. The molecule has 1 saturated carbocycles. The maximum Gasteiger partial charge on any atom is 0.352 e. The lowest BCUT2D eigenvalue weighted by molar-refractivity contribution is -0.231. The molecule has 2 aromatic rings. The highest BCUT2D eigenvalue weighted by molar-refractivity contribution is 5.85. The van der Waals surface area contributed by atoms with Crippen LogP contribution in [-0.2, 0) is 11.3 Å². The number of halogens is 2. The Morgan fingerprint density at radius 3 is 2.33 bits per heavy atom. The normalized spacial score (nSPS) is 22.0. The maximum atomic E-state index is 16.0. The van der Waals surface area contributed by atoms with Gasteiger partial charge in [-0.3, -0.25) is 4.79 Å². The number of likely N-dealkylation sites (tertiary alicyclic amines) is 1. The number of amides is 1. The van der Waals surface area contributed by atoms with E-state index in [1.807, 2.05) is 34.6 Å². The highest BCUT2D eigenvalue weighted by atomic mass is 19.3. The average molecular weight is 551 g/mol. The molecule has 1 aromatic heterocycles. The van der Waals surface area contributed by atoms with Crippen LogP contribution in [0.2, 0.25) is 0 Å². The van der Waals surface area contributed by atoms with Crippen LogP contribution in [0.5, 0.6) is 23.3 Å². The molecule has 1 saturated heterocycles. The topological polar surface area (TPSA) is 98.9 Å². The summed E-state index contributed by atoms with van der Waals surface area (Å²) in [5, 5.41) is 15.8. The van der Waals surface area contributed by atoms with Gasteiger partial charge in [-0.25, -0.2) is 4.68 Å². The first-order valence-electron chi connectivity index (χ1n) is 13.4. The molecule has 1 aliphatic heterocycles. The van der Waals surface area contributed by atoms with E-state index in [2.05, 4.69) is 10.1 Å². The van der Waals surface area contributed by atoms with Crippen molar-refractivity contribution in [2.24, 2.45) is 10.8 Å². The Kier molecular flexibility index (Phi) is 7.61. The monoisotopic (exact) mass is 550 g/mol. The van der Waals surface area contributed by atoms with Gasteiger partial charge in [0, 0.05) is 19.2 Å². The molecule has 2 heterocycles. The molecular weight excluding hydrogens is 510 g/mol. The Hall–Kier alpha value is -2.95. The van der Waals surface area contributed by atoms with E-state index in [4.69, 9.17) is 14.2 Å². The van der Waals surface area contributed by atoms with Crippen LogP contribution in [-0.4, -0.2) is 63.0 Å². The fourth-order valence-corrected chi connectivity index (χ4v) is 6.70. The zero-order valence-corrected chi connectivity index (χ0v) is 23.9. The molecule has 1 N–H and O–H groups in total. The first-order valence-corrected chi connectivity index (χ1v) is 13.4. The molecule has 216 valence electrons. The average Bonchev–Trinajstić information content (AvgIpc) is 3.47. The molecule has 2 fully saturated rings. The van der Waals surface area contributed by atoms with Gasteiger partial charge in [-0.15, -0.1) is 0 Å². The number of carbonyl (C=O) groups is 1. The lowest BCUT2D eigenvalue weighted by Crippen LogP contribution is -2.62. The Labute approximate surface area is 228 Å². The van der Waals surface area contributed by atoms with Gasteiger partial charge >= 0.3 is 11.9 Å². The number of hydrogen-bond donors (Lipinski definition) is 1. The highest BCUT2D eigenvalue weighted by Crippen LogP contribution is 2.55. The number of carbonyl (C=O) groups excluding carboxylic acids is 1. The second-order valence-corrected chi connectivity index (χ2v) is 12.3. The molecule has 9 nitrogen and oxygen atoms in total. The molecule has 1 aromatic carbocycles. The number of alkyl halides is 2. The molecule has 1 amide bonds. The Bertz CT molecular complexity index is 1200. The van der Waals surface area contributed by atoms with Crippen LogP contribution in [0.4, 0.5) is 8.78 Å². The van der Waals surface area contributed by atoms with Gasteiger partial charge in [-0.1, -0.05) is 27.7 Å². The number of rotatable bonds is 8. The summed E-state index contributed by atoms with van der Waals surface area (Å²) in [6.45, 7) is 9.84. The first-order chi connectivity index (χ1) is 18.1. The van der Waals surface area contributed by atoms with Crippen molar-refractivity contribution in [1.82, 2.24) is 19.7 Å². The summed E-state index contributed by atoms with van der Waals surface area (Å²) in [7, 11) is 3.05. The lowest BCUT2D eigenvalue weighted by Gasteiger charge is -2.51. The summed E-state index contributed by atoms with van der Waals surface area (Å²) >= 11 is 0. The van der Waals surface area contributed by atoms with Crippen molar-refractivity contribution in [3.8, 4) is 23.3 Å². The van der Waals surface area contributed by atoms with Gasteiger partial charge < -0.3 is 24.2 Å². The third-order valence-corrected chi connectivity index (χ3v) is 7.68. The van der Waals surface area contributed by atoms with Gasteiger partial charge in [0.2, 0.25) is 0 Å². The molecule has 0 radical (unpaired) electrons. The summed E-state index contributed by atoms with van der Waals surface area (Å²) in [4.78, 5) is 19.1. The highest BCUT2D eigenvalue weighted by Gasteiger charge is 2.65. The van der Waals surface area contributed by atoms with Gasteiger partial charge in [0.15, 0.2) is 17.3 Å². The SMILES string of the molecule is CCn1nc([C@@H]2CCCN2C(=O)C(F)(F)C2(O)CC(C)(C)CC(C)(C)C2)nc1Oc1ccc(OC)c(OC)c1. The van der Waals surface area contributed by atoms with Crippen LogP contribution in [0.15, 0.2) is 18.2 Å². The summed E-state index contributed by atoms with van der Waals surface area (Å²) in [6.07, 6.45) is 1.31. The van der Waals surface area contributed by atoms with Crippen LogP contribution in [0.3, 0.4) is 0 Å². The molecule has 0 spiro atoms. The third kappa shape index (κ3) is 5.55. The zero-order chi connectivity index (χ0) is 28.8. The van der Waals surface area contributed by atoms with Crippen molar-refractivity contribution in [1.29, 1.82) is 0 Å². The van der Waals surface area contributed by atoms with Gasteiger partial charge in [0.25, 0.3) is 5.91 Å². The lowest BCUT2D eigenvalue weighted by atomic mass is 9.58. The van der Waals surface area contributed by atoms with E-state index in [0.29, 0.717) is 43.1 Å². The number of ether oxygens (including phenoxy) is 3. The van der Waals surface area contributed by atoms with Gasteiger partial charge in [-0.05, 0) is 62.0 Å². The van der Waals surface area contributed by atoms with Crippen LogP contribution in [0, 0.1) is 10.8 Å². The number of hydrogen-bond acceptors (Lipinski definition) is 7. The first kappa shape index (κ1) is 29.0. The van der Waals surface area contributed by atoms with Crippen molar-refractivity contribution >= 4 is 5.91 Å². The van der Waals surface area contributed by atoms with Crippen molar-refractivity contribution in [2.45, 2.75) is 90.8 Å². The maximum absolute atomic E-state index is 16.0. The molecule has 0 bridgehead atoms. The minimum absolute atomic E-state index is 0.133. The second kappa shape index (κ2) is 10.2. The number of aliphatic hydroxyl groups is 1. The van der Waals surface area contributed by atoms with E-state index in [9.17, 15) is 9.90 Å². The number of nitrogens with zero attached hydrogens (tertiary/aromatic N) is 4. The predicted molar refractivity (Wildman–Crippen MR) is 140 cm³/mol. The number of benzene rings is 1. The minimum Gasteiger partial charge on any atom is -0.493 e. The quantitative estimate of drug-likeness (QED) is 0.472. The van der Waals surface area contributed by atoms with E-state index < -0.39 is 34.3 Å². The van der Waals surface area contributed by atoms with Gasteiger partial charge in [-0.2, -0.15) is 18.9 Å². The third-order valence-electron chi connectivity index (χ3n) is 7.68. The summed E-state index contributed by atoms with van der Waals surface area (Å²) in [5.74, 6) is -3.68. The van der Waals surface area contributed by atoms with E-state index in [1.165, 1.54) is 18.9 Å². The van der Waals surface area contributed by atoms with Crippen LogP contribution in [0.1, 0.15) is 78.6 Å². The molecular formula is C28H40F2N4O5. The molecule has 11 heteroatoms. The van der Waals surface area contributed by atoms with Crippen LogP contribution >= 0.6 is 0 Å². The minimum atomic E-state index is -3.96. The van der Waals surface area contributed by atoms with Gasteiger partial charge in [0.1, 0.15) is 11.4 Å². The van der Waals surface area contributed by atoms with Crippen molar-refractivity contribution in [3.05, 3.63) is 24.0 Å².